The van der Waals surface area contributed by atoms with Crippen LogP contribution in [0.5, 0.6) is 0 Å². The second kappa shape index (κ2) is 5.24. The lowest BCUT2D eigenvalue weighted by Crippen LogP contribution is -2.42. The van der Waals surface area contributed by atoms with Gasteiger partial charge >= 0.3 is 6.03 Å². The summed E-state index contributed by atoms with van der Waals surface area (Å²) in [5.74, 6) is 0.496. The van der Waals surface area contributed by atoms with E-state index in [2.05, 4.69) is 15.6 Å². The van der Waals surface area contributed by atoms with Crippen LogP contribution < -0.4 is 10.6 Å². The van der Waals surface area contributed by atoms with Crippen LogP contribution in [0.2, 0.25) is 0 Å². The van der Waals surface area contributed by atoms with E-state index in [1.807, 2.05) is 24.3 Å². The number of hydrogen-bond donors (Lipinski definition) is 2. The lowest BCUT2D eigenvalue weighted by molar-refractivity contribution is 0.102. The standard InChI is InChI=1S/C17H14N4O2/c22-16(11-4-2-1-3-5-11)19-12-6-7-14-13(10-12)15-18-8-9-21(15)17(23)20-14/h1-7,10H,8-9H2,(H,19,22)(H,20,23). The zero-order valence-electron chi connectivity index (χ0n) is 12.2. The molecule has 3 amide bonds. The number of benzene rings is 2. The van der Waals surface area contributed by atoms with E-state index in [1.54, 1.807) is 29.2 Å². The lowest BCUT2D eigenvalue weighted by atomic mass is 10.1. The SMILES string of the molecule is O=C(Nc1ccc2c(c1)C1=NCCN1C(=O)N2)c1ccccc1. The normalized spacial score (nSPS) is 15.4. The molecule has 6 heteroatoms. The second-order valence-corrected chi connectivity index (χ2v) is 5.37. The van der Waals surface area contributed by atoms with Gasteiger partial charge in [0.1, 0.15) is 5.84 Å². The van der Waals surface area contributed by atoms with Crippen LogP contribution in [0, 0.1) is 0 Å². The summed E-state index contributed by atoms with van der Waals surface area (Å²) < 4.78 is 0. The Balaban J connectivity index is 1.64. The van der Waals surface area contributed by atoms with Gasteiger partial charge in [-0.25, -0.2) is 4.79 Å². The zero-order valence-corrected chi connectivity index (χ0v) is 12.2. The third-order valence-corrected chi connectivity index (χ3v) is 3.88. The van der Waals surface area contributed by atoms with Gasteiger partial charge in [-0.15, -0.1) is 0 Å². The first-order valence-electron chi connectivity index (χ1n) is 7.36. The summed E-state index contributed by atoms with van der Waals surface area (Å²) in [6.07, 6.45) is 0. The molecule has 0 spiro atoms. The van der Waals surface area contributed by atoms with Gasteiger partial charge < -0.3 is 10.6 Å². The molecule has 114 valence electrons. The first-order chi connectivity index (χ1) is 11.2. The third kappa shape index (κ3) is 2.34. The van der Waals surface area contributed by atoms with E-state index >= 15 is 0 Å². The Kier molecular flexibility index (Phi) is 3.08. The number of amides is 3. The predicted octanol–water partition coefficient (Wildman–Crippen LogP) is 2.55. The van der Waals surface area contributed by atoms with Crippen molar-refractivity contribution in [2.24, 2.45) is 4.99 Å². The monoisotopic (exact) mass is 306 g/mol. The number of carbonyl (C=O) groups is 2. The number of carbonyl (C=O) groups excluding carboxylic acids is 2. The van der Waals surface area contributed by atoms with Gasteiger partial charge in [0.25, 0.3) is 5.91 Å². The summed E-state index contributed by atoms with van der Waals surface area (Å²) in [4.78, 5) is 30.2. The number of rotatable bonds is 2. The molecule has 0 bridgehead atoms. The van der Waals surface area contributed by atoms with E-state index < -0.39 is 0 Å². The maximum Gasteiger partial charge on any atom is 0.327 e. The summed E-state index contributed by atoms with van der Waals surface area (Å²) in [7, 11) is 0. The van der Waals surface area contributed by atoms with Gasteiger partial charge in [0.2, 0.25) is 0 Å². The van der Waals surface area contributed by atoms with Crippen molar-refractivity contribution in [1.29, 1.82) is 0 Å². The molecule has 2 heterocycles. The number of fused-ring (bicyclic) bond motifs is 3. The highest BCUT2D eigenvalue weighted by Gasteiger charge is 2.31. The molecule has 0 radical (unpaired) electrons. The quantitative estimate of drug-likeness (QED) is 0.895. The Morgan fingerprint density at radius 1 is 1.17 bits per heavy atom. The van der Waals surface area contributed by atoms with Gasteiger partial charge in [-0.1, -0.05) is 18.2 Å². The van der Waals surface area contributed by atoms with Crippen molar-refractivity contribution >= 4 is 29.1 Å². The van der Waals surface area contributed by atoms with Crippen LogP contribution in [0.25, 0.3) is 0 Å². The molecule has 23 heavy (non-hydrogen) atoms. The second-order valence-electron chi connectivity index (χ2n) is 5.37. The van der Waals surface area contributed by atoms with Crippen molar-refractivity contribution in [3.8, 4) is 0 Å². The Bertz CT molecular complexity index is 830. The number of nitrogens with zero attached hydrogens (tertiary/aromatic N) is 2. The average Bonchev–Trinajstić information content (AvgIpc) is 3.07. The molecule has 0 saturated heterocycles. The van der Waals surface area contributed by atoms with Crippen LogP contribution in [0.15, 0.2) is 53.5 Å². The summed E-state index contributed by atoms with van der Waals surface area (Å²) in [5.41, 5.74) is 2.80. The van der Waals surface area contributed by atoms with E-state index in [1.165, 1.54) is 0 Å². The van der Waals surface area contributed by atoms with Crippen molar-refractivity contribution in [2.45, 2.75) is 0 Å². The molecule has 2 aliphatic rings. The van der Waals surface area contributed by atoms with E-state index in [4.69, 9.17) is 0 Å². The smallest absolute Gasteiger partial charge is 0.322 e. The van der Waals surface area contributed by atoms with Gasteiger partial charge in [0.15, 0.2) is 0 Å². The molecule has 2 aliphatic heterocycles. The lowest BCUT2D eigenvalue weighted by Gasteiger charge is -2.26. The van der Waals surface area contributed by atoms with Crippen LogP contribution in [0.4, 0.5) is 16.2 Å². The predicted molar refractivity (Wildman–Crippen MR) is 88.0 cm³/mol. The topological polar surface area (TPSA) is 73.8 Å². The molecule has 0 fully saturated rings. The molecule has 0 unspecified atom stereocenters. The highest BCUT2D eigenvalue weighted by Crippen LogP contribution is 2.28. The minimum absolute atomic E-state index is 0.158. The molecule has 0 atom stereocenters. The van der Waals surface area contributed by atoms with Gasteiger partial charge in [0, 0.05) is 23.4 Å². The van der Waals surface area contributed by atoms with Gasteiger partial charge in [-0.2, -0.15) is 0 Å². The first kappa shape index (κ1) is 13.5. The minimum Gasteiger partial charge on any atom is -0.322 e. The van der Waals surface area contributed by atoms with Gasteiger partial charge in [-0.3, -0.25) is 14.7 Å². The highest BCUT2D eigenvalue weighted by molar-refractivity contribution is 6.19. The van der Waals surface area contributed by atoms with E-state index in [0.29, 0.717) is 35.9 Å². The molecule has 2 aromatic rings. The van der Waals surface area contributed by atoms with E-state index in [9.17, 15) is 9.59 Å². The molecular weight excluding hydrogens is 292 g/mol. The molecule has 2 aromatic carbocycles. The number of anilines is 2. The largest absolute Gasteiger partial charge is 0.327 e. The highest BCUT2D eigenvalue weighted by atomic mass is 16.2. The first-order valence-corrected chi connectivity index (χ1v) is 7.36. The number of aliphatic imine (C=N–C) groups is 1. The fourth-order valence-corrected chi connectivity index (χ4v) is 2.77. The molecule has 4 rings (SSSR count). The molecule has 0 saturated carbocycles. The van der Waals surface area contributed by atoms with Crippen molar-refractivity contribution in [3.05, 3.63) is 59.7 Å². The van der Waals surface area contributed by atoms with Crippen molar-refractivity contribution < 1.29 is 9.59 Å². The van der Waals surface area contributed by atoms with Crippen LogP contribution in [0.3, 0.4) is 0 Å². The maximum absolute atomic E-state index is 12.2. The average molecular weight is 306 g/mol. The van der Waals surface area contributed by atoms with E-state index in [0.717, 1.165) is 5.56 Å². The summed E-state index contributed by atoms with van der Waals surface area (Å²) in [6.45, 7) is 1.18. The number of hydrogen-bond acceptors (Lipinski definition) is 3. The zero-order chi connectivity index (χ0) is 15.8. The maximum atomic E-state index is 12.2. The molecular formula is C17H14N4O2. The Hall–Kier alpha value is -3.15. The molecule has 6 nitrogen and oxygen atoms in total. The number of amidine groups is 1. The molecule has 2 N–H and O–H groups in total. The van der Waals surface area contributed by atoms with Gasteiger partial charge in [0.05, 0.1) is 12.2 Å². The fourth-order valence-electron chi connectivity index (χ4n) is 2.77. The van der Waals surface area contributed by atoms with Gasteiger partial charge in [-0.05, 0) is 30.3 Å². The van der Waals surface area contributed by atoms with Crippen molar-refractivity contribution in [2.75, 3.05) is 23.7 Å². The summed E-state index contributed by atoms with van der Waals surface area (Å²) in [6, 6.07) is 14.3. The minimum atomic E-state index is -0.171. The van der Waals surface area contributed by atoms with Crippen LogP contribution in [-0.4, -0.2) is 35.8 Å². The molecule has 0 aromatic heterocycles. The summed E-state index contributed by atoms with van der Waals surface area (Å²) in [5, 5.41) is 5.71. The van der Waals surface area contributed by atoms with Crippen LogP contribution in [0.1, 0.15) is 15.9 Å². The van der Waals surface area contributed by atoms with E-state index in [-0.39, 0.29) is 11.9 Å². The summed E-state index contributed by atoms with van der Waals surface area (Å²) >= 11 is 0. The molecule has 0 aliphatic carbocycles. The third-order valence-electron chi connectivity index (χ3n) is 3.88. The Morgan fingerprint density at radius 3 is 2.83 bits per heavy atom. The Morgan fingerprint density at radius 2 is 2.00 bits per heavy atom. The fraction of sp³-hybridized carbons (Fsp3) is 0.118. The van der Waals surface area contributed by atoms with Crippen molar-refractivity contribution in [1.82, 2.24) is 4.90 Å². The number of urea groups is 1. The Labute approximate surface area is 132 Å². The van der Waals surface area contributed by atoms with Crippen molar-refractivity contribution in [3.63, 3.8) is 0 Å². The number of nitrogens with one attached hydrogen (secondary N) is 2. The van der Waals surface area contributed by atoms with Crippen LogP contribution in [-0.2, 0) is 0 Å². The van der Waals surface area contributed by atoms with Crippen LogP contribution >= 0.6 is 0 Å².